The molecule has 1 fully saturated rings. The lowest BCUT2D eigenvalue weighted by Gasteiger charge is -2.43. The van der Waals surface area contributed by atoms with E-state index in [0.29, 0.717) is 0 Å². The molecule has 1 N–H and O–H groups in total. The summed E-state index contributed by atoms with van der Waals surface area (Å²) >= 11 is 0. The summed E-state index contributed by atoms with van der Waals surface area (Å²) in [5.74, 6) is 0.0231. The van der Waals surface area contributed by atoms with Crippen molar-refractivity contribution in [1.82, 2.24) is 5.32 Å². The summed E-state index contributed by atoms with van der Waals surface area (Å²) in [6, 6.07) is 16.1. The Balaban J connectivity index is 1.63. The molecule has 5 heteroatoms. The summed E-state index contributed by atoms with van der Waals surface area (Å²) in [7, 11) is 0. The molecule has 0 spiro atoms. The van der Waals surface area contributed by atoms with Gasteiger partial charge >= 0.3 is 6.61 Å². The zero-order valence-electron chi connectivity index (χ0n) is 13.2. The van der Waals surface area contributed by atoms with Crippen LogP contribution in [0.5, 0.6) is 5.75 Å². The van der Waals surface area contributed by atoms with Crippen LogP contribution in [0.25, 0.3) is 0 Å². The second-order valence-corrected chi connectivity index (χ2v) is 6.05. The van der Waals surface area contributed by atoms with Gasteiger partial charge in [-0.15, -0.1) is 0 Å². The molecule has 2 aromatic rings. The average Bonchev–Trinajstić information content (AvgIpc) is 2.53. The number of rotatable bonds is 6. The predicted molar refractivity (Wildman–Crippen MR) is 86.9 cm³/mol. The molecule has 1 amide bonds. The lowest BCUT2D eigenvalue weighted by Crippen LogP contribution is -2.51. The third kappa shape index (κ3) is 3.72. The molecule has 0 aromatic heterocycles. The molecule has 1 aliphatic carbocycles. The zero-order valence-corrected chi connectivity index (χ0v) is 13.2. The van der Waals surface area contributed by atoms with Crippen LogP contribution in [0.15, 0.2) is 54.6 Å². The Morgan fingerprint density at radius 1 is 1.08 bits per heavy atom. The molecule has 1 saturated carbocycles. The van der Waals surface area contributed by atoms with Gasteiger partial charge in [0.15, 0.2) is 0 Å². The van der Waals surface area contributed by atoms with Crippen molar-refractivity contribution >= 4 is 5.91 Å². The van der Waals surface area contributed by atoms with Crippen molar-refractivity contribution in [3.05, 3.63) is 65.7 Å². The lowest BCUT2D eigenvalue weighted by molar-refractivity contribution is -0.123. The standard InChI is InChI=1S/C19H19F2NO2/c20-18(21)24-16-9-7-14(8-10-16)13-17(23)22-19(11-4-12-19)15-5-2-1-3-6-15/h1-3,5-10,18H,4,11-13H2,(H,22,23). The first-order valence-corrected chi connectivity index (χ1v) is 7.98. The van der Waals surface area contributed by atoms with E-state index in [-0.39, 0.29) is 23.6 Å². The number of benzene rings is 2. The highest BCUT2D eigenvalue weighted by molar-refractivity contribution is 5.79. The van der Waals surface area contributed by atoms with Gasteiger partial charge in [0.25, 0.3) is 0 Å². The molecule has 0 radical (unpaired) electrons. The lowest BCUT2D eigenvalue weighted by atomic mass is 9.71. The Kier molecular flexibility index (Phi) is 4.79. The molecule has 24 heavy (non-hydrogen) atoms. The molecular formula is C19H19F2NO2. The van der Waals surface area contributed by atoms with E-state index in [2.05, 4.69) is 10.1 Å². The van der Waals surface area contributed by atoms with Crippen LogP contribution in [0, 0.1) is 0 Å². The third-order valence-corrected chi connectivity index (χ3v) is 4.43. The van der Waals surface area contributed by atoms with Gasteiger partial charge in [0, 0.05) is 0 Å². The van der Waals surface area contributed by atoms with E-state index in [1.807, 2.05) is 30.3 Å². The number of halogens is 2. The Bertz CT molecular complexity index is 682. The summed E-state index contributed by atoms with van der Waals surface area (Å²) in [5.41, 5.74) is 1.62. The number of carbonyl (C=O) groups is 1. The van der Waals surface area contributed by atoms with Gasteiger partial charge < -0.3 is 10.1 Å². The maximum absolute atomic E-state index is 12.4. The van der Waals surface area contributed by atoms with Crippen molar-refractivity contribution in [1.29, 1.82) is 0 Å². The van der Waals surface area contributed by atoms with Crippen LogP contribution in [-0.2, 0) is 16.8 Å². The van der Waals surface area contributed by atoms with Crippen LogP contribution in [-0.4, -0.2) is 12.5 Å². The Morgan fingerprint density at radius 2 is 1.75 bits per heavy atom. The smallest absolute Gasteiger partial charge is 0.387 e. The van der Waals surface area contributed by atoms with Gasteiger partial charge in [0.05, 0.1) is 12.0 Å². The number of alkyl halides is 2. The first-order valence-electron chi connectivity index (χ1n) is 7.98. The molecular weight excluding hydrogens is 312 g/mol. The number of hydrogen-bond donors (Lipinski definition) is 1. The summed E-state index contributed by atoms with van der Waals surface area (Å²) in [5, 5.41) is 3.15. The van der Waals surface area contributed by atoms with Gasteiger partial charge in [0.2, 0.25) is 5.91 Å². The first-order chi connectivity index (χ1) is 11.6. The minimum atomic E-state index is -2.84. The van der Waals surface area contributed by atoms with Gasteiger partial charge in [0.1, 0.15) is 5.75 Å². The quantitative estimate of drug-likeness (QED) is 0.868. The second-order valence-electron chi connectivity index (χ2n) is 6.05. The summed E-state index contributed by atoms with van der Waals surface area (Å²) in [6.07, 6.45) is 3.17. The van der Waals surface area contributed by atoms with Crippen LogP contribution in [0.2, 0.25) is 0 Å². The third-order valence-electron chi connectivity index (χ3n) is 4.43. The normalized spacial score (nSPS) is 15.6. The summed E-state index contributed by atoms with van der Waals surface area (Å²) in [6.45, 7) is -2.84. The van der Waals surface area contributed by atoms with Gasteiger partial charge in [-0.3, -0.25) is 4.79 Å². The molecule has 0 aliphatic heterocycles. The van der Waals surface area contributed by atoms with Crippen LogP contribution in [0.4, 0.5) is 8.78 Å². The van der Waals surface area contributed by atoms with Gasteiger partial charge in [-0.25, -0.2) is 0 Å². The molecule has 0 unspecified atom stereocenters. The molecule has 2 aromatic carbocycles. The second kappa shape index (κ2) is 6.99. The fourth-order valence-corrected chi connectivity index (χ4v) is 3.06. The maximum Gasteiger partial charge on any atom is 0.387 e. The van der Waals surface area contributed by atoms with Crippen molar-refractivity contribution in [3.8, 4) is 5.75 Å². The van der Waals surface area contributed by atoms with E-state index in [1.54, 1.807) is 12.1 Å². The molecule has 126 valence electrons. The topological polar surface area (TPSA) is 38.3 Å². The SMILES string of the molecule is O=C(Cc1ccc(OC(F)F)cc1)NC1(c2ccccc2)CCC1. The van der Waals surface area contributed by atoms with E-state index in [4.69, 9.17) is 0 Å². The largest absolute Gasteiger partial charge is 0.435 e. The molecule has 1 aliphatic rings. The molecule has 0 heterocycles. The molecule has 3 rings (SSSR count). The highest BCUT2D eigenvalue weighted by atomic mass is 19.3. The van der Waals surface area contributed by atoms with E-state index in [9.17, 15) is 13.6 Å². The van der Waals surface area contributed by atoms with Crippen molar-refractivity contribution in [2.75, 3.05) is 0 Å². The minimum absolute atomic E-state index is 0.0684. The number of amides is 1. The van der Waals surface area contributed by atoms with Crippen LogP contribution in [0.1, 0.15) is 30.4 Å². The molecule has 3 nitrogen and oxygen atoms in total. The van der Waals surface area contributed by atoms with E-state index in [0.717, 1.165) is 30.4 Å². The van der Waals surface area contributed by atoms with Crippen LogP contribution in [0.3, 0.4) is 0 Å². The van der Waals surface area contributed by atoms with E-state index in [1.165, 1.54) is 12.1 Å². The van der Waals surface area contributed by atoms with Gasteiger partial charge in [-0.2, -0.15) is 8.78 Å². The number of carbonyl (C=O) groups excluding carboxylic acids is 1. The molecule has 0 saturated heterocycles. The van der Waals surface area contributed by atoms with Crippen molar-refractivity contribution < 1.29 is 18.3 Å². The molecule has 0 atom stereocenters. The van der Waals surface area contributed by atoms with Gasteiger partial charge in [-0.05, 0) is 42.5 Å². The van der Waals surface area contributed by atoms with Crippen molar-refractivity contribution in [3.63, 3.8) is 0 Å². The average molecular weight is 331 g/mol. The van der Waals surface area contributed by atoms with Crippen molar-refractivity contribution in [2.24, 2.45) is 0 Å². The maximum atomic E-state index is 12.4. The molecule has 0 bridgehead atoms. The highest BCUT2D eigenvalue weighted by Gasteiger charge is 2.39. The number of ether oxygens (including phenoxy) is 1. The number of hydrogen-bond acceptors (Lipinski definition) is 2. The first kappa shape index (κ1) is 16.4. The van der Waals surface area contributed by atoms with Crippen molar-refractivity contribution in [2.45, 2.75) is 37.8 Å². The van der Waals surface area contributed by atoms with E-state index >= 15 is 0 Å². The summed E-state index contributed by atoms with van der Waals surface area (Å²) in [4.78, 5) is 12.4. The zero-order chi connectivity index (χ0) is 17.0. The fourth-order valence-electron chi connectivity index (χ4n) is 3.06. The van der Waals surface area contributed by atoms with Crippen LogP contribution >= 0.6 is 0 Å². The Hall–Kier alpha value is -2.43. The fraction of sp³-hybridized carbons (Fsp3) is 0.316. The van der Waals surface area contributed by atoms with Crippen LogP contribution < -0.4 is 10.1 Å². The monoisotopic (exact) mass is 331 g/mol. The van der Waals surface area contributed by atoms with Gasteiger partial charge in [-0.1, -0.05) is 42.5 Å². The Labute approximate surface area is 139 Å². The Morgan fingerprint density at radius 3 is 2.29 bits per heavy atom. The minimum Gasteiger partial charge on any atom is -0.435 e. The predicted octanol–water partition coefficient (Wildman–Crippen LogP) is 4.03. The summed E-state index contributed by atoms with van der Waals surface area (Å²) < 4.78 is 28.6. The van der Waals surface area contributed by atoms with E-state index < -0.39 is 6.61 Å². The number of nitrogens with one attached hydrogen (secondary N) is 1. The highest BCUT2D eigenvalue weighted by Crippen LogP contribution is 2.41.